The standard InChI is InChI=1S/C15H17BrN2O2/c1-10(2)18(9-12-7-6-11(3)20-12)15(19)13-5-4-8-17-14(13)16/h4-8,10H,9H2,1-3H3. The molecular weight excluding hydrogens is 320 g/mol. The highest BCUT2D eigenvalue weighted by atomic mass is 79.9. The zero-order valence-electron chi connectivity index (χ0n) is 11.8. The maximum Gasteiger partial charge on any atom is 0.257 e. The highest BCUT2D eigenvalue weighted by Gasteiger charge is 2.22. The first-order chi connectivity index (χ1) is 9.49. The number of nitrogens with zero attached hydrogens (tertiary/aromatic N) is 2. The number of rotatable bonds is 4. The predicted octanol–water partition coefficient (Wildman–Crippen LogP) is 3.80. The normalized spacial score (nSPS) is 10.8. The van der Waals surface area contributed by atoms with Crippen LogP contribution in [0.5, 0.6) is 0 Å². The number of pyridine rings is 1. The average molecular weight is 337 g/mol. The van der Waals surface area contributed by atoms with Gasteiger partial charge in [-0.05, 0) is 61.0 Å². The number of hydrogen-bond acceptors (Lipinski definition) is 3. The molecule has 0 aliphatic rings. The van der Waals surface area contributed by atoms with E-state index < -0.39 is 0 Å². The van der Waals surface area contributed by atoms with Crippen LogP contribution >= 0.6 is 15.9 Å². The molecule has 20 heavy (non-hydrogen) atoms. The third-order valence-electron chi connectivity index (χ3n) is 3.00. The third kappa shape index (κ3) is 3.28. The lowest BCUT2D eigenvalue weighted by Gasteiger charge is -2.26. The quantitative estimate of drug-likeness (QED) is 0.798. The van der Waals surface area contributed by atoms with E-state index in [9.17, 15) is 4.79 Å². The summed E-state index contributed by atoms with van der Waals surface area (Å²) in [7, 11) is 0. The van der Waals surface area contributed by atoms with Crippen molar-refractivity contribution in [2.45, 2.75) is 33.4 Å². The van der Waals surface area contributed by atoms with E-state index in [1.165, 1.54) is 0 Å². The van der Waals surface area contributed by atoms with Gasteiger partial charge in [-0.3, -0.25) is 4.79 Å². The van der Waals surface area contributed by atoms with Crippen LogP contribution in [0.2, 0.25) is 0 Å². The zero-order chi connectivity index (χ0) is 14.7. The van der Waals surface area contributed by atoms with E-state index in [0.717, 1.165) is 11.5 Å². The van der Waals surface area contributed by atoms with Gasteiger partial charge in [0, 0.05) is 12.2 Å². The third-order valence-corrected chi connectivity index (χ3v) is 3.63. The van der Waals surface area contributed by atoms with Crippen molar-refractivity contribution in [3.63, 3.8) is 0 Å². The van der Waals surface area contributed by atoms with Gasteiger partial charge in [0.15, 0.2) is 0 Å². The molecule has 2 heterocycles. The van der Waals surface area contributed by atoms with Crippen molar-refractivity contribution in [2.24, 2.45) is 0 Å². The molecule has 2 aromatic rings. The Labute approximate surface area is 126 Å². The maximum absolute atomic E-state index is 12.6. The molecule has 106 valence electrons. The van der Waals surface area contributed by atoms with Gasteiger partial charge in [-0.15, -0.1) is 0 Å². The number of amides is 1. The monoisotopic (exact) mass is 336 g/mol. The van der Waals surface area contributed by atoms with Crippen molar-refractivity contribution in [1.29, 1.82) is 0 Å². The van der Waals surface area contributed by atoms with Crippen LogP contribution in [0, 0.1) is 6.92 Å². The number of furan rings is 1. The number of halogens is 1. The molecule has 0 unspecified atom stereocenters. The molecule has 0 aliphatic heterocycles. The summed E-state index contributed by atoms with van der Waals surface area (Å²) in [6.45, 7) is 6.31. The summed E-state index contributed by atoms with van der Waals surface area (Å²) in [5.74, 6) is 1.57. The number of aryl methyl sites for hydroxylation is 1. The first-order valence-electron chi connectivity index (χ1n) is 6.46. The van der Waals surface area contributed by atoms with Gasteiger partial charge in [-0.2, -0.15) is 0 Å². The summed E-state index contributed by atoms with van der Waals surface area (Å²) in [5, 5.41) is 0. The van der Waals surface area contributed by atoms with Crippen molar-refractivity contribution < 1.29 is 9.21 Å². The molecule has 0 saturated carbocycles. The lowest BCUT2D eigenvalue weighted by atomic mass is 10.2. The Bertz CT molecular complexity index is 607. The van der Waals surface area contributed by atoms with Crippen LogP contribution in [-0.4, -0.2) is 21.8 Å². The molecule has 0 saturated heterocycles. The molecule has 5 heteroatoms. The minimum absolute atomic E-state index is 0.0611. The van der Waals surface area contributed by atoms with E-state index in [1.807, 2.05) is 32.9 Å². The first kappa shape index (κ1) is 14.8. The van der Waals surface area contributed by atoms with Crippen molar-refractivity contribution in [3.8, 4) is 0 Å². The Morgan fingerprint density at radius 2 is 2.15 bits per heavy atom. The molecule has 2 rings (SSSR count). The molecule has 0 N–H and O–H groups in total. The average Bonchev–Trinajstić information content (AvgIpc) is 2.81. The van der Waals surface area contributed by atoms with Crippen molar-refractivity contribution in [2.75, 3.05) is 0 Å². The largest absolute Gasteiger partial charge is 0.464 e. The summed E-state index contributed by atoms with van der Waals surface area (Å²) in [6.07, 6.45) is 1.65. The van der Waals surface area contributed by atoms with Crippen LogP contribution in [0.4, 0.5) is 0 Å². The molecule has 0 atom stereocenters. The minimum atomic E-state index is -0.0611. The van der Waals surface area contributed by atoms with Crippen LogP contribution < -0.4 is 0 Å². The summed E-state index contributed by atoms with van der Waals surface area (Å²) in [6, 6.07) is 7.39. The van der Waals surface area contributed by atoms with Gasteiger partial charge >= 0.3 is 0 Å². The molecule has 4 nitrogen and oxygen atoms in total. The SMILES string of the molecule is Cc1ccc(CN(C(=O)c2cccnc2Br)C(C)C)o1. The highest BCUT2D eigenvalue weighted by Crippen LogP contribution is 2.19. The summed E-state index contributed by atoms with van der Waals surface area (Å²) in [5.41, 5.74) is 0.560. The van der Waals surface area contributed by atoms with Crippen LogP contribution in [0.15, 0.2) is 39.5 Å². The molecular formula is C15H17BrN2O2. The van der Waals surface area contributed by atoms with E-state index in [4.69, 9.17) is 4.42 Å². The lowest BCUT2D eigenvalue weighted by molar-refractivity contribution is 0.0674. The number of carbonyl (C=O) groups excluding carboxylic acids is 1. The fourth-order valence-corrected chi connectivity index (χ4v) is 2.35. The van der Waals surface area contributed by atoms with Crippen LogP contribution in [-0.2, 0) is 6.54 Å². The molecule has 0 fully saturated rings. The topological polar surface area (TPSA) is 46.3 Å². The van der Waals surface area contributed by atoms with E-state index in [0.29, 0.717) is 16.7 Å². The highest BCUT2D eigenvalue weighted by molar-refractivity contribution is 9.10. The predicted molar refractivity (Wildman–Crippen MR) is 80.4 cm³/mol. The Hall–Kier alpha value is -1.62. The molecule has 0 spiro atoms. The zero-order valence-corrected chi connectivity index (χ0v) is 13.3. The number of hydrogen-bond donors (Lipinski definition) is 0. The fraction of sp³-hybridized carbons (Fsp3) is 0.333. The molecule has 0 radical (unpaired) electrons. The van der Waals surface area contributed by atoms with Crippen molar-refractivity contribution >= 4 is 21.8 Å². The minimum Gasteiger partial charge on any atom is -0.464 e. The first-order valence-corrected chi connectivity index (χ1v) is 7.25. The fourth-order valence-electron chi connectivity index (χ4n) is 1.93. The van der Waals surface area contributed by atoms with E-state index >= 15 is 0 Å². The second-order valence-electron chi connectivity index (χ2n) is 4.88. The second kappa shape index (κ2) is 6.22. The van der Waals surface area contributed by atoms with Crippen LogP contribution in [0.1, 0.15) is 35.7 Å². The number of carbonyl (C=O) groups is 1. The smallest absolute Gasteiger partial charge is 0.257 e. The number of aromatic nitrogens is 1. The van der Waals surface area contributed by atoms with Gasteiger partial charge in [0.2, 0.25) is 0 Å². The van der Waals surface area contributed by atoms with E-state index in [1.54, 1.807) is 23.2 Å². The summed E-state index contributed by atoms with van der Waals surface area (Å²) >= 11 is 3.32. The second-order valence-corrected chi connectivity index (χ2v) is 5.63. The molecule has 2 aromatic heterocycles. The van der Waals surface area contributed by atoms with E-state index in [2.05, 4.69) is 20.9 Å². The van der Waals surface area contributed by atoms with Gasteiger partial charge < -0.3 is 9.32 Å². The van der Waals surface area contributed by atoms with Gasteiger partial charge in [-0.25, -0.2) is 4.98 Å². The molecule has 0 aliphatic carbocycles. The Morgan fingerprint density at radius 3 is 2.70 bits per heavy atom. The van der Waals surface area contributed by atoms with Gasteiger partial charge in [0.25, 0.3) is 5.91 Å². The maximum atomic E-state index is 12.6. The van der Waals surface area contributed by atoms with Crippen LogP contribution in [0.3, 0.4) is 0 Å². The molecule has 0 aromatic carbocycles. The van der Waals surface area contributed by atoms with Gasteiger partial charge in [0.05, 0.1) is 12.1 Å². The Balaban J connectivity index is 2.25. The van der Waals surface area contributed by atoms with Crippen molar-refractivity contribution in [3.05, 3.63) is 52.1 Å². The molecule has 1 amide bonds. The summed E-state index contributed by atoms with van der Waals surface area (Å²) in [4.78, 5) is 18.5. The van der Waals surface area contributed by atoms with Crippen LogP contribution in [0.25, 0.3) is 0 Å². The summed E-state index contributed by atoms with van der Waals surface area (Å²) < 4.78 is 6.12. The van der Waals surface area contributed by atoms with E-state index in [-0.39, 0.29) is 11.9 Å². The molecule has 0 bridgehead atoms. The van der Waals surface area contributed by atoms with Gasteiger partial charge in [0.1, 0.15) is 16.1 Å². The van der Waals surface area contributed by atoms with Crippen molar-refractivity contribution in [1.82, 2.24) is 9.88 Å². The lowest BCUT2D eigenvalue weighted by Crippen LogP contribution is -2.36. The Kier molecular flexibility index (Phi) is 4.60. The van der Waals surface area contributed by atoms with Gasteiger partial charge in [-0.1, -0.05) is 0 Å². The Morgan fingerprint density at radius 1 is 1.40 bits per heavy atom.